The largest absolute Gasteiger partial charge is 0.492 e. The van der Waals surface area contributed by atoms with E-state index in [1.807, 2.05) is 0 Å². The Morgan fingerprint density at radius 1 is 1.26 bits per heavy atom. The number of hydrogen-bond donors (Lipinski definition) is 1. The molecule has 1 saturated carbocycles. The van der Waals surface area contributed by atoms with Crippen molar-refractivity contribution in [3.05, 3.63) is 29.3 Å². The van der Waals surface area contributed by atoms with E-state index in [9.17, 15) is 9.59 Å². The van der Waals surface area contributed by atoms with Crippen molar-refractivity contribution >= 4 is 23.4 Å². The van der Waals surface area contributed by atoms with Gasteiger partial charge in [-0.15, -0.1) is 0 Å². The minimum Gasteiger partial charge on any atom is -0.492 e. The van der Waals surface area contributed by atoms with Gasteiger partial charge in [0, 0.05) is 18.0 Å². The highest BCUT2D eigenvalue weighted by atomic mass is 35.5. The maximum absolute atomic E-state index is 12.0. The second-order valence-electron chi connectivity index (χ2n) is 5.82. The highest BCUT2D eigenvalue weighted by molar-refractivity contribution is 6.30. The molecular weight excluding hydrogens is 316 g/mol. The van der Waals surface area contributed by atoms with E-state index in [4.69, 9.17) is 16.3 Å². The van der Waals surface area contributed by atoms with Crippen LogP contribution in [0.4, 0.5) is 0 Å². The minimum atomic E-state index is -0.115. The van der Waals surface area contributed by atoms with Crippen LogP contribution in [-0.4, -0.2) is 43.5 Å². The molecule has 126 valence electrons. The number of nitrogens with one attached hydrogen (secondary N) is 1. The Morgan fingerprint density at radius 3 is 2.57 bits per heavy atom. The zero-order valence-corrected chi connectivity index (χ0v) is 14.1. The zero-order valence-electron chi connectivity index (χ0n) is 13.4. The third-order valence-electron chi connectivity index (χ3n) is 4.07. The van der Waals surface area contributed by atoms with Gasteiger partial charge in [0.2, 0.25) is 11.8 Å². The molecular formula is C17H23ClN2O3. The van der Waals surface area contributed by atoms with Gasteiger partial charge in [-0.3, -0.25) is 9.59 Å². The van der Waals surface area contributed by atoms with Crippen molar-refractivity contribution in [1.29, 1.82) is 0 Å². The molecule has 2 amide bonds. The number of carbonyl (C=O) groups is 2. The molecule has 5 nitrogen and oxygen atoms in total. The first-order valence-electron chi connectivity index (χ1n) is 7.96. The van der Waals surface area contributed by atoms with E-state index in [0.717, 1.165) is 25.7 Å². The van der Waals surface area contributed by atoms with Crippen LogP contribution in [-0.2, 0) is 9.59 Å². The van der Waals surface area contributed by atoms with Crippen LogP contribution in [0.5, 0.6) is 5.75 Å². The van der Waals surface area contributed by atoms with E-state index in [1.54, 1.807) is 36.2 Å². The van der Waals surface area contributed by atoms with Crippen LogP contribution >= 0.6 is 11.6 Å². The molecule has 0 bridgehead atoms. The van der Waals surface area contributed by atoms with Gasteiger partial charge in [0.05, 0.1) is 13.1 Å². The third-order valence-corrected chi connectivity index (χ3v) is 4.33. The number of nitrogens with zero attached hydrogens (tertiary/aromatic N) is 1. The number of carbonyl (C=O) groups excluding carboxylic acids is 2. The SMILES string of the molecule is CN(CCOc1ccc(Cl)cc1)C(=O)CNC(=O)C1CCCC1. The maximum Gasteiger partial charge on any atom is 0.241 e. The van der Waals surface area contributed by atoms with E-state index in [1.165, 1.54) is 0 Å². The quantitative estimate of drug-likeness (QED) is 0.831. The third kappa shape index (κ3) is 5.75. The van der Waals surface area contributed by atoms with Gasteiger partial charge in [0.1, 0.15) is 12.4 Å². The summed E-state index contributed by atoms with van der Waals surface area (Å²) in [5.74, 6) is 0.684. The monoisotopic (exact) mass is 338 g/mol. The number of benzene rings is 1. The van der Waals surface area contributed by atoms with Crippen LogP contribution in [0.2, 0.25) is 5.02 Å². The fourth-order valence-corrected chi connectivity index (χ4v) is 2.71. The predicted octanol–water partition coefficient (Wildman–Crippen LogP) is 2.48. The molecule has 0 spiro atoms. The van der Waals surface area contributed by atoms with Gasteiger partial charge < -0.3 is 15.0 Å². The molecule has 1 aliphatic rings. The molecule has 1 fully saturated rings. The Bertz CT molecular complexity index is 527. The van der Waals surface area contributed by atoms with Crippen molar-refractivity contribution in [1.82, 2.24) is 10.2 Å². The minimum absolute atomic E-state index is 0.00154. The van der Waals surface area contributed by atoms with E-state index < -0.39 is 0 Å². The van der Waals surface area contributed by atoms with Gasteiger partial charge in [0.25, 0.3) is 0 Å². The number of amides is 2. The van der Waals surface area contributed by atoms with E-state index in [-0.39, 0.29) is 24.3 Å². The summed E-state index contributed by atoms with van der Waals surface area (Å²) in [4.78, 5) is 25.4. The van der Waals surface area contributed by atoms with Gasteiger partial charge in [-0.05, 0) is 37.1 Å². The van der Waals surface area contributed by atoms with Crippen LogP contribution < -0.4 is 10.1 Å². The summed E-state index contributed by atoms with van der Waals surface area (Å²) in [5.41, 5.74) is 0. The van der Waals surface area contributed by atoms with Crippen molar-refractivity contribution in [2.45, 2.75) is 25.7 Å². The molecule has 0 aromatic heterocycles. The summed E-state index contributed by atoms with van der Waals surface area (Å²) in [5, 5.41) is 3.39. The van der Waals surface area contributed by atoms with Crippen molar-refractivity contribution in [2.24, 2.45) is 5.92 Å². The average molecular weight is 339 g/mol. The first-order valence-corrected chi connectivity index (χ1v) is 8.34. The Hall–Kier alpha value is -1.75. The smallest absolute Gasteiger partial charge is 0.241 e. The fraction of sp³-hybridized carbons (Fsp3) is 0.529. The summed E-state index contributed by atoms with van der Waals surface area (Å²) in [6.07, 6.45) is 4.08. The highest BCUT2D eigenvalue weighted by Gasteiger charge is 2.23. The normalized spacial score (nSPS) is 14.5. The fourth-order valence-electron chi connectivity index (χ4n) is 2.59. The Balaban J connectivity index is 1.64. The van der Waals surface area contributed by atoms with Gasteiger partial charge in [-0.1, -0.05) is 24.4 Å². The number of ether oxygens (including phenoxy) is 1. The van der Waals surface area contributed by atoms with Crippen molar-refractivity contribution < 1.29 is 14.3 Å². The maximum atomic E-state index is 12.0. The molecule has 1 N–H and O–H groups in total. The Morgan fingerprint density at radius 2 is 1.91 bits per heavy atom. The molecule has 0 heterocycles. The highest BCUT2D eigenvalue weighted by Crippen LogP contribution is 2.24. The molecule has 6 heteroatoms. The molecule has 2 rings (SSSR count). The molecule has 1 aliphatic carbocycles. The van der Waals surface area contributed by atoms with Crippen molar-refractivity contribution in [3.8, 4) is 5.75 Å². The van der Waals surface area contributed by atoms with Crippen molar-refractivity contribution in [3.63, 3.8) is 0 Å². The molecule has 0 aliphatic heterocycles. The summed E-state index contributed by atoms with van der Waals surface area (Å²) >= 11 is 5.80. The number of likely N-dealkylation sites (N-methyl/N-ethyl adjacent to an activating group) is 1. The number of hydrogen-bond acceptors (Lipinski definition) is 3. The lowest BCUT2D eigenvalue weighted by atomic mass is 10.1. The Kier molecular flexibility index (Phi) is 6.71. The van der Waals surface area contributed by atoms with Crippen LogP contribution in [0.3, 0.4) is 0 Å². The number of halogens is 1. The van der Waals surface area contributed by atoms with Crippen LogP contribution in [0.25, 0.3) is 0 Å². The standard InChI is InChI=1S/C17H23ClN2O3/c1-20(10-11-23-15-8-6-14(18)7-9-15)16(21)12-19-17(22)13-4-2-3-5-13/h6-9,13H,2-5,10-12H2,1H3,(H,19,22). The first kappa shape index (κ1) is 17.6. The first-order chi connectivity index (χ1) is 11.1. The average Bonchev–Trinajstić information content (AvgIpc) is 3.08. The molecule has 1 aromatic carbocycles. The van der Waals surface area contributed by atoms with E-state index in [0.29, 0.717) is 23.9 Å². The summed E-state index contributed by atoms with van der Waals surface area (Å²) in [6.45, 7) is 0.897. The van der Waals surface area contributed by atoms with Gasteiger partial charge >= 0.3 is 0 Å². The van der Waals surface area contributed by atoms with E-state index >= 15 is 0 Å². The molecule has 0 atom stereocenters. The second-order valence-corrected chi connectivity index (χ2v) is 6.25. The Labute approximate surface area is 141 Å². The van der Waals surface area contributed by atoms with Gasteiger partial charge in [-0.2, -0.15) is 0 Å². The van der Waals surface area contributed by atoms with Crippen LogP contribution in [0, 0.1) is 5.92 Å². The molecule has 0 unspecified atom stereocenters. The van der Waals surface area contributed by atoms with Gasteiger partial charge in [-0.25, -0.2) is 0 Å². The lowest BCUT2D eigenvalue weighted by Crippen LogP contribution is -2.41. The molecule has 0 radical (unpaired) electrons. The predicted molar refractivity (Wildman–Crippen MR) is 89.6 cm³/mol. The molecule has 1 aromatic rings. The molecule has 0 saturated heterocycles. The van der Waals surface area contributed by atoms with Gasteiger partial charge in [0.15, 0.2) is 0 Å². The second kappa shape index (κ2) is 8.77. The molecule has 23 heavy (non-hydrogen) atoms. The van der Waals surface area contributed by atoms with Crippen LogP contribution in [0.15, 0.2) is 24.3 Å². The topological polar surface area (TPSA) is 58.6 Å². The lowest BCUT2D eigenvalue weighted by Gasteiger charge is -2.18. The van der Waals surface area contributed by atoms with Crippen molar-refractivity contribution in [2.75, 3.05) is 26.7 Å². The van der Waals surface area contributed by atoms with Crippen LogP contribution in [0.1, 0.15) is 25.7 Å². The summed E-state index contributed by atoms with van der Waals surface area (Å²) in [6, 6.07) is 7.08. The number of rotatable bonds is 7. The summed E-state index contributed by atoms with van der Waals surface area (Å²) < 4.78 is 5.55. The van der Waals surface area contributed by atoms with E-state index in [2.05, 4.69) is 5.32 Å². The lowest BCUT2D eigenvalue weighted by molar-refractivity contribution is -0.133. The summed E-state index contributed by atoms with van der Waals surface area (Å²) in [7, 11) is 1.70. The zero-order chi connectivity index (χ0) is 16.7.